The molecule has 0 spiro atoms. The number of hydrogen-bond donors (Lipinski definition) is 1. The van der Waals surface area contributed by atoms with Crippen LogP contribution in [0.5, 0.6) is 0 Å². The molecule has 1 aromatic carbocycles. The first-order valence-corrected chi connectivity index (χ1v) is 8.21. The summed E-state index contributed by atoms with van der Waals surface area (Å²) < 4.78 is 24.5. The van der Waals surface area contributed by atoms with Crippen molar-refractivity contribution in [1.82, 2.24) is 8.96 Å². The molecule has 1 aliphatic carbocycles. The minimum absolute atomic E-state index is 0.0220. The first-order valence-electron chi connectivity index (χ1n) is 6.36. The van der Waals surface area contributed by atoms with Gasteiger partial charge in [0.2, 0.25) is 16.0 Å². The molecule has 1 atom stereocenters. The number of imidazole rings is 1. The lowest BCUT2D eigenvalue weighted by Gasteiger charge is -2.10. The topological polar surface area (TPSA) is 78.0 Å². The third-order valence-electron chi connectivity index (χ3n) is 3.85. The van der Waals surface area contributed by atoms with E-state index in [9.17, 15) is 8.42 Å². The molecule has 1 saturated carbocycles. The van der Waals surface area contributed by atoms with Crippen molar-refractivity contribution in [3.8, 4) is 0 Å². The Kier molecular flexibility index (Phi) is 2.60. The molecule has 1 unspecified atom stereocenters. The van der Waals surface area contributed by atoms with Gasteiger partial charge in [0.05, 0.1) is 17.3 Å². The van der Waals surface area contributed by atoms with Gasteiger partial charge in [0.1, 0.15) is 0 Å². The van der Waals surface area contributed by atoms with Gasteiger partial charge in [-0.1, -0.05) is 13.0 Å². The van der Waals surface area contributed by atoms with Gasteiger partial charge in [0.15, 0.2) is 0 Å². The van der Waals surface area contributed by atoms with Crippen LogP contribution >= 0.6 is 0 Å². The minimum Gasteiger partial charge on any atom is -0.368 e. The molecule has 1 aliphatic rings. The minimum atomic E-state index is -3.42. The van der Waals surface area contributed by atoms with Crippen molar-refractivity contribution in [2.75, 3.05) is 12.0 Å². The number of nitrogens with two attached hydrogens (primary N) is 1. The molecule has 0 aliphatic heterocycles. The Labute approximate surface area is 112 Å². The van der Waals surface area contributed by atoms with Crippen molar-refractivity contribution in [3.05, 3.63) is 23.8 Å². The highest BCUT2D eigenvalue weighted by atomic mass is 32.2. The smallest absolute Gasteiger partial charge is 0.239 e. The van der Waals surface area contributed by atoms with Gasteiger partial charge in [-0.15, -0.1) is 0 Å². The van der Waals surface area contributed by atoms with Gasteiger partial charge in [-0.25, -0.2) is 17.4 Å². The van der Waals surface area contributed by atoms with Crippen LogP contribution in [0.2, 0.25) is 0 Å². The molecule has 6 heteroatoms. The molecule has 1 fully saturated rings. The van der Waals surface area contributed by atoms with E-state index in [0.29, 0.717) is 17.0 Å². The van der Waals surface area contributed by atoms with Gasteiger partial charge in [0.25, 0.3) is 0 Å². The highest BCUT2D eigenvalue weighted by molar-refractivity contribution is 7.89. The Bertz CT molecular complexity index is 745. The summed E-state index contributed by atoms with van der Waals surface area (Å²) in [5.74, 6) is 1.27. The zero-order valence-corrected chi connectivity index (χ0v) is 11.8. The summed E-state index contributed by atoms with van der Waals surface area (Å²) in [7, 11) is -3.42. The highest BCUT2D eigenvalue weighted by Gasteiger charge is 2.29. The van der Waals surface area contributed by atoms with E-state index in [2.05, 4.69) is 11.9 Å². The molecule has 102 valence electrons. The van der Waals surface area contributed by atoms with E-state index in [1.807, 2.05) is 12.1 Å². The monoisotopic (exact) mass is 279 g/mol. The maximum absolute atomic E-state index is 11.7. The average Bonchev–Trinajstić information content (AvgIpc) is 3.08. The molecular weight excluding hydrogens is 262 g/mol. The average molecular weight is 279 g/mol. The number of rotatable bonds is 3. The second-order valence-electron chi connectivity index (χ2n) is 5.37. The van der Waals surface area contributed by atoms with Crippen LogP contribution in [0.15, 0.2) is 18.2 Å². The molecule has 0 saturated heterocycles. The molecule has 0 radical (unpaired) electrons. The van der Waals surface area contributed by atoms with E-state index in [1.165, 1.54) is 18.4 Å². The SMILES string of the molecule is CC(c1ccc2c(c1)nc(N)n2S(C)(=O)=O)C1CC1. The van der Waals surface area contributed by atoms with E-state index >= 15 is 0 Å². The van der Waals surface area contributed by atoms with Crippen LogP contribution in [-0.4, -0.2) is 23.6 Å². The molecule has 1 heterocycles. The largest absolute Gasteiger partial charge is 0.368 e. The van der Waals surface area contributed by atoms with Gasteiger partial charge in [0, 0.05) is 0 Å². The Hall–Kier alpha value is -1.56. The van der Waals surface area contributed by atoms with E-state index in [0.717, 1.165) is 16.1 Å². The van der Waals surface area contributed by atoms with Crippen molar-refractivity contribution >= 4 is 27.0 Å². The second-order valence-corrected chi connectivity index (χ2v) is 7.20. The van der Waals surface area contributed by atoms with E-state index in [4.69, 9.17) is 5.73 Å². The van der Waals surface area contributed by atoms with E-state index in [-0.39, 0.29) is 5.95 Å². The Morgan fingerprint density at radius 2 is 2.11 bits per heavy atom. The first kappa shape index (κ1) is 12.5. The lowest BCUT2D eigenvalue weighted by atomic mass is 9.96. The first-order chi connectivity index (χ1) is 8.88. The molecule has 0 amide bonds. The van der Waals surface area contributed by atoms with E-state index in [1.54, 1.807) is 6.07 Å². The Morgan fingerprint density at radius 1 is 1.42 bits per heavy atom. The zero-order chi connectivity index (χ0) is 13.8. The van der Waals surface area contributed by atoms with Crippen LogP contribution in [0.25, 0.3) is 11.0 Å². The maximum Gasteiger partial charge on any atom is 0.239 e. The Balaban J connectivity index is 2.15. The highest BCUT2D eigenvalue weighted by Crippen LogP contribution is 2.42. The number of anilines is 1. The molecule has 19 heavy (non-hydrogen) atoms. The van der Waals surface area contributed by atoms with Crippen LogP contribution in [0.3, 0.4) is 0 Å². The summed E-state index contributed by atoms with van der Waals surface area (Å²) in [4.78, 5) is 4.16. The standard InChI is InChI=1S/C13H17N3O2S/c1-8(9-3-4-9)10-5-6-12-11(7-10)15-13(14)16(12)19(2,17)18/h5-9H,3-4H2,1-2H3,(H2,14,15). The lowest BCUT2D eigenvalue weighted by Crippen LogP contribution is -2.12. The Morgan fingerprint density at radius 3 is 2.68 bits per heavy atom. The van der Waals surface area contributed by atoms with Gasteiger partial charge >= 0.3 is 0 Å². The molecule has 5 nitrogen and oxygen atoms in total. The number of nitrogen functional groups attached to an aromatic ring is 1. The third kappa shape index (κ3) is 2.10. The predicted octanol–water partition coefficient (Wildman–Crippen LogP) is 1.94. The van der Waals surface area contributed by atoms with Gasteiger partial charge in [-0.2, -0.15) is 0 Å². The van der Waals surface area contributed by atoms with Gasteiger partial charge in [-0.05, 0) is 42.4 Å². The fourth-order valence-corrected chi connectivity index (χ4v) is 3.49. The second kappa shape index (κ2) is 3.96. The van der Waals surface area contributed by atoms with Crippen LogP contribution in [0.4, 0.5) is 5.95 Å². The van der Waals surface area contributed by atoms with Crippen LogP contribution < -0.4 is 5.73 Å². The van der Waals surface area contributed by atoms with Crippen molar-refractivity contribution in [2.24, 2.45) is 5.92 Å². The summed E-state index contributed by atoms with van der Waals surface area (Å²) in [6.07, 6.45) is 3.68. The molecule has 1 aromatic heterocycles. The summed E-state index contributed by atoms with van der Waals surface area (Å²) in [6.45, 7) is 2.20. The quantitative estimate of drug-likeness (QED) is 0.931. The molecule has 0 bridgehead atoms. The summed E-state index contributed by atoms with van der Waals surface area (Å²) in [6, 6.07) is 5.73. The van der Waals surface area contributed by atoms with Crippen LogP contribution in [0, 0.1) is 5.92 Å². The number of benzene rings is 1. The molecule has 3 rings (SSSR count). The fraction of sp³-hybridized carbons (Fsp3) is 0.462. The summed E-state index contributed by atoms with van der Waals surface area (Å²) in [5.41, 5.74) is 8.11. The van der Waals surface area contributed by atoms with E-state index < -0.39 is 10.0 Å². The van der Waals surface area contributed by atoms with Gasteiger partial charge in [-0.3, -0.25) is 0 Å². The summed E-state index contributed by atoms with van der Waals surface area (Å²) >= 11 is 0. The normalized spacial score (nSPS) is 17.8. The van der Waals surface area contributed by atoms with Crippen molar-refractivity contribution in [2.45, 2.75) is 25.7 Å². The molecule has 2 N–H and O–H groups in total. The molecule has 2 aromatic rings. The zero-order valence-electron chi connectivity index (χ0n) is 11.0. The third-order valence-corrected chi connectivity index (χ3v) is 4.89. The van der Waals surface area contributed by atoms with Crippen LogP contribution in [0.1, 0.15) is 31.2 Å². The van der Waals surface area contributed by atoms with Crippen molar-refractivity contribution in [3.63, 3.8) is 0 Å². The number of fused-ring (bicyclic) bond motifs is 1. The van der Waals surface area contributed by atoms with Crippen LogP contribution in [-0.2, 0) is 10.0 Å². The fourth-order valence-electron chi connectivity index (χ4n) is 2.59. The van der Waals surface area contributed by atoms with Crippen molar-refractivity contribution < 1.29 is 8.42 Å². The van der Waals surface area contributed by atoms with Gasteiger partial charge < -0.3 is 5.73 Å². The number of hydrogen-bond acceptors (Lipinski definition) is 4. The summed E-state index contributed by atoms with van der Waals surface area (Å²) in [5, 5.41) is 0. The predicted molar refractivity (Wildman–Crippen MR) is 75.5 cm³/mol. The number of nitrogens with zero attached hydrogens (tertiary/aromatic N) is 2. The molecular formula is C13H17N3O2S. The maximum atomic E-state index is 11.7. The number of aromatic nitrogens is 2. The lowest BCUT2D eigenvalue weighted by molar-refractivity contribution is 0.595. The van der Waals surface area contributed by atoms with Crippen molar-refractivity contribution in [1.29, 1.82) is 0 Å².